The van der Waals surface area contributed by atoms with Crippen molar-refractivity contribution < 1.29 is 22.7 Å². The molecule has 0 saturated carbocycles. The third kappa shape index (κ3) is 4.91. The SMILES string of the molecule is COCCCn1c(-c2ccccc2)cc(C(=O)Nc2cccc(C(F)(F)F)c2)c1C. The molecule has 1 N–H and O–H groups in total. The van der Waals surface area contributed by atoms with Gasteiger partial charge in [0.25, 0.3) is 5.91 Å². The maximum Gasteiger partial charge on any atom is 0.416 e. The van der Waals surface area contributed by atoms with Crippen LogP contribution in [0.2, 0.25) is 0 Å². The molecule has 3 rings (SSSR count). The van der Waals surface area contributed by atoms with Gasteiger partial charge < -0.3 is 14.6 Å². The normalized spacial score (nSPS) is 11.5. The Morgan fingerprint density at radius 2 is 1.80 bits per heavy atom. The molecule has 4 nitrogen and oxygen atoms in total. The fourth-order valence-electron chi connectivity index (χ4n) is 3.35. The van der Waals surface area contributed by atoms with Gasteiger partial charge in [-0.3, -0.25) is 4.79 Å². The van der Waals surface area contributed by atoms with Crippen molar-refractivity contribution in [3.8, 4) is 11.3 Å². The number of hydrogen-bond acceptors (Lipinski definition) is 2. The summed E-state index contributed by atoms with van der Waals surface area (Å²) in [6.07, 6.45) is -3.71. The van der Waals surface area contributed by atoms with Gasteiger partial charge in [-0.05, 0) is 43.2 Å². The molecule has 0 saturated heterocycles. The van der Waals surface area contributed by atoms with Gasteiger partial charge in [-0.2, -0.15) is 13.2 Å². The Morgan fingerprint density at radius 3 is 2.47 bits per heavy atom. The highest BCUT2D eigenvalue weighted by Crippen LogP contribution is 2.31. The first-order valence-corrected chi connectivity index (χ1v) is 9.54. The number of alkyl halides is 3. The summed E-state index contributed by atoms with van der Waals surface area (Å²) in [5.74, 6) is -0.450. The van der Waals surface area contributed by atoms with E-state index in [2.05, 4.69) is 5.32 Å². The number of benzene rings is 2. The Labute approximate surface area is 173 Å². The molecule has 158 valence electrons. The van der Waals surface area contributed by atoms with E-state index in [1.54, 1.807) is 13.2 Å². The van der Waals surface area contributed by atoms with Crippen molar-refractivity contribution in [2.24, 2.45) is 0 Å². The van der Waals surface area contributed by atoms with Crippen LogP contribution in [0.4, 0.5) is 18.9 Å². The van der Waals surface area contributed by atoms with E-state index in [1.165, 1.54) is 12.1 Å². The molecule has 0 aliphatic rings. The van der Waals surface area contributed by atoms with Crippen molar-refractivity contribution in [2.75, 3.05) is 19.0 Å². The second-order valence-electron chi connectivity index (χ2n) is 6.93. The van der Waals surface area contributed by atoms with Gasteiger partial charge in [-0.15, -0.1) is 0 Å². The van der Waals surface area contributed by atoms with Crippen LogP contribution in [0.5, 0.6) is 0 Å². The highest BCUT2D eigenvalue weighted by molar-refractivity contribution is 6.06. The molecule has 1 amide bonds. The first-order valence-electron chi connectivity index (χ1n) is 9.54. The first kappa shape index (κ1) is 21.6. The average Bonchev–Trinajstić information content (AvgIpc) is 3.05. The average molecular weight is 416 g/mol. The molecule has 0 bridgehead atoms. The van der Waals surface area contributed by atoms with Crippen LogP contribution in [0, 0.1) is 6.92 Å². The number of nitrogens with one attached hydrogen (secondary N) is 1. The third-order valence-electron chi connectivity index (χ3n) is 4.86. The summed E-state index contributed by atoms with van der Waals surface area (Å²) in [5.41, 5.74) is 2.29. The molecule has 0 spiro atoms. The van der Waals surface area contributed by atoms with E-state index in [0.29, 0.717) is 18.7 Å². The lowest BCUT2D eigenvalue weighted by atomic mass is 10.1. The number of hydrogen-bond donors (Lipinski definition) is 1. The van der Waals surface area contributed by atoms with Crippen molar-refractivity contribution in [1.82, 2.24) is 4.57 Å². The van der Waals surface area contributed by atoms with Crippen molar-refractivity contribution in [3.05, 3.63) is 77.5 Å². The van der Waals surface area contributed by atoms with E-state index in [1.807, 2.05) is 41.8 Å². The maximum absolute atomic E-state index is 13.0. The lowest BCUT2D eigenvalue weighted by molar-refractivity contribution is -0.137. The maximum atomic E-state index is 13.0. The summed E-state index contributed by atoms with van der Waals surface area (Å²) in [4.78, 5) is 12.9. The summed E-state index contributed by atoms with van der Waals surface area (Å²) < 4.78 is 46.0. The molecule has 1 aromatic heterocycles. The van der Waals surface area contributed by atoms with E-state index in [4.69, 9.17) is 4.74 Å². The number of ether oxygens (including phenoxy) is 1. The van der Waals surface area contributed by atoms with Crippen LogP contribution in [0.3, 0.4) is 0 Å². The number of methoxy groups -OCH3 is 1. The van der Waals surface area contributed by atoms with E-state index < -0.39 is 17.6 Å². The number of aromatic nitrogens is 1. The number of carbonyl (C=O) groups excluding carboxylic acids is 1. The van der Waals surface area contributed by atoms with E-state index in [0.717, 1.165) is 35.5 Å². The minimum absolute atomic E-state index is 0.0996. The number of anilines is 1. The number of rotatable bonds is 7. The summed E-state index contributed by atoms with van der Waals surface area (Å²) >= 11 is 0. The van der Waals surface area contributed by atoms with Gasteiger partial charge in [0.1, 0.15) is 0 Å². The van der Waals surface area contributed by atoms with Crippen LogP contribution in [0.25, 0.3) is 11.3 Å². The topological polar surface area (TPSA) is 43.3 Å². The van der Waals surface area contributed by atoms with Gasteiger partial charge >= 0.3 is 6.18 Å². The summed E-state index contributed by atoms with van der Waals surface area (Å²) in [5, 5.41) is 2.59. The molecule has 3 aromatic rings. The van der Waals surface area contributed by atoms with E-state index in [9.17, 15) is 18.0 Å². The van der Waals surface area contributed by atoms with Gasteiger partial charge in [0, 0.05) is 37.3 Å². The number of amides is 1. The zero-order valence-electron chi connectivity index (χ0n) is 16.8. The molecule has 1 heterocycles. The lowest BCUT2D eigenvalue weighted by Gasteiger charge is -2.12. The van der Waals surface area contributed by atoms with E-state index in [-0.39, 0.29) is 5.69 Å². The van der Waals surface area contributed by atoms with Crippen molar-refractivity contribution >= 4 is 11.6 Å². The summed E-state index contributed by atoms with van der Waals surface area (Å²) in [6.45, 7) is 3.07. The smallest absolute Gasteiger partial charge is 0.385 e. The second kappa shape index (κ2) is 9.17. The molecule has 0 aliphatic carbocycles. The first-order chi connectivity index (χ1) is 14.3. The minimum atomic E-state index is -4.47. The molecular formula is C23H23F3N2O2. The van der Waals surface area contributed by atoms with Gasteiger partial charge in [0.15, 0.2) is 0 Å². The standard InChI is InChI=1S/C23H23F3N2O2/c1-16-20(22(29)27-19-11-6-10-18(14-19)23(24,25)26)15-21(17-8-4-3-5-9-17)28(16)12-7-13-30-2/h3-6,8-11,14-15H,7,12-13H2,1-2H3,(H,27,29). The molecule has 0 aliphatic heterocycles. The molecule has 2 aromatic carbocycles. The molecule has 30 heavy (non-hydrogen) atoms. The molecular weight excluding hydrogens is 393 g/mol. The Bertz CT molecular complexity index is 1010. The fourth-order valence-corrected chi connectivity index (χ4v) is 3.35. The lowest BCUT2D eigenvalue weighted by Crippen LogP contribution is -2.14. The second-order valence-corrected chi connectivity index (χ2v) is 6.93. The Hall–Kier alpha value is -3.06. The third-order valence-corrected chi connectivity index (χ3v) is 4.86. The fraction of sp³-hybridized carbons (Fsp3) is 0.261. The quantitative estimate of drug-likeness (QED) is 0.497. The van der Waals surface area contributed by atoms with Gasteiger partial charge in [0.2, 0.25) is 0 Å². The van der Waals surface area contributed by atoms with Gasteiger partial charge in [0.05, 0.1) is 11.1 Å². The monoisotopic (exact) mass is 416 g/mol. The van der Waals surface area contributed by atoms with Gasteiger partial charge in [-0.1, -0.05) is 36.4 Å². The van der Waals surface area contributed by atoms with Crippen LogP contribution in [-0.2, 0) is 17.5 Å². The summed E-state index contributed by atoms with van der Waals surface area (Å²) in [7, 11) is 1.63. The number of carbonyl (C=O) groups is 1. The van der Waals surface area contributed by atoms with Crippen LogP contribution >= 0.6 is 0 Å². The van der Waals surface area contributed by atoms with Crippen LogP contribution in [-0.4, -0.2) is 24.2 Å². The molecule has 0 unspecified atom stereocenters. The van der Waals surface area contributed by atoms with Crippen LogP contribution in [0.1, 0.15) is 28.0 Å². The van der Waals surface area contributed by atoms with Crippen molar-refractivity contribution in [2.45, 2.75) is 26.1 Å². The van der Waals surface area contributed by atoms with E-state index >= 15 is 0 Å². The minimum Gasteiger partial charge on any atom is -0.385 e. The molecule has 0 radical (unpaired) electrons. The van der Waals surface area contributed by atoms with Crippen molar-refractivity contribution in [3.63, 3.8) is 0 Å². The molecule has 0 atom stereocenters. The van der Waals surface area contributed by atoms with Crippen LogP contribution in [0.15, 0.2) is 60.7 Å². The zero-order valence-corrected chi connectivity index (χ0v) is 16.8. The Balaban J connectivity index is 1.92. The molecule has 0 fully saturated rings. The predicted molar refractivity (Wildman–Crippen MR) is 110 cm³/mol. The highest BCUT2D eigenvalue weighted by atomic mass is 19.4. The Kier molecular flexibility index (Phi) is 6.62. The Morgan fingerprint density at radius 1 is 1.07 bits per heavy atom. The molecule has 7 heteroatoms. The van der Waals surface area contributed by atoms with Crippen molar-refractivity contribution in [1.29, 1.82) is 0 Å². The number of halogens is 3. The zero-order chi connectivity index (χ0) is 21.7. The predicted octanol–water partition coefficient (Wildman–Crippen LogP) is 5.77. The number of nitrogens with zero attached hydrogens (tertiary/aromatic N) is 1. The van der Waals surface area contributed by atoms with Gasteiger partial charge in [-0.25, -0.2) is 0 Å². The van der Waals surface area contributed by atoms with Crippen LogP contribution < -0.4 is 5.32 Å². The summed E-state index contributed by atoms with van der Waals surface area (Å²) in [6, 6.07) is 16.1. The highest BCUT2D eigenvalue weighted by Gasteiger charge is 2.30. The largest absolute Gasteiger partial charge is 0.416 e.